The van der Waals surface area contributed by atoms with Crippen molar-refractivity contribution in [2.45, 2.75) is 45.1 Å². The Bertz CT molecular complexity index is 500. The van der Waals surface area contributed by atoms with Gasteiger partial charge < -0.3 is 10.0 Å². The molecule has 4 heteroatoms. The van der Waals surface area contributed by atoms with Crippen LogP contribution < -0.4 is 4.90 Å². The van der Waals surface area contributed by atoms with Crippen molar-refractivity contribution in [3.8, 4) is 0 Å². The summed E-state index contributed by atoms with van der Waals surface area (Å²) < 4.78 is 0. The number of hydrogen-bond donors (Lipinski definition) is 1. The molecule has 1 aromatic heterocycles. The van der Waals surface area contributed by atoms with E-state index in [2.05, 4.69) is 9.88 Å². The monoisotopic (exact) mass is 274 g/mol. The summed E-state index contributed by atoms with van der Waals surface area (Å²) in [6.07, 6.45) is 6.90. The van der Waals surface area contributed by atoms with Gasteiger partial charge >= 0.3 is 0 Å². The number of piperidine rings is 1. The third-order valence-electron chi connectivity index (χ3n) is 4.95. The maximum Gasteiger partial charge on any atom is 0.161 e. The van der Waals surface area contributed by atoms with Crippen molar-refractivity contribution >= 4 is 11.6 Å². The zero-order chi connectivity index (χ0) is 14.2. The lowest BCUT2D eigenvalue weighted by Crippen LogP contribution is -2.47. The van der Waals surface area contributed by atoms with Gasteiger partial charge in [-0.25, -0.2) is 4.98 Å². The first-order valence-corrected chi connectivity index (χ1v) is 7.51. The van der Waals surface area contributed by atoms with Crippen molar-refractivity contribution in [3.63, 3.8) is 0 Å². The maximum atomic E-state index is 11.3. The lowest BCUT2D eigenvalue weighted by molar-refractivity contribution is 0.0408. The van der Waals surface area contributed by atoms with E-state index in [0.29, 0.717) is 5.56 Å². The number of rotatable bonds is 2. The van der Waals surface area contributed by atoms with Crippen LogP contribution in [-0.4, -0.2) is 35.1 Å². The molecule has 2 atom stereocenters. The van der Waals surface area contributed by atoms with Crippen molar-refractivity contribution in [2.75, 3.05) is 18.0 Å². The van der Waals surface area contributed by atoms with Crippen LogP contribution in [-0.2, 0) is 0 Å². The van der Waals surface area contributed by atoms with E-state index >= 15 is 0 Å². The number of aliphatic hydroxyl groups is 1. The molecule has 1 aliphatic carbocycles. The molecule has 1 spiro atoms. The average molecular weight is 274 g/mol. The molecule has 0 unspecified atom stereocenters. The van der Waals surface area contributed by atoms with Crippen LogP contribution in [0, 0.1) is 5.41 Å². The predicted octanol–water partition coefficient (Wildman–Crippen LogP) is 2.42. The van der Waals surface area contributed by atoms with E-state index in [0.717, 1.165) is 51.0 Å². The molecule has 1 N–H and O–H groups in total. The van der Waals surface area contributed by atoms with Gasteiger partial charge in [-0.2, -0.15) is 0 Å². The first-order chi connectivity index (χ1) is 9.61. The number of aliphatic hydroxyl groups excluding tert-OH is 1. The number of carbonyl (C=O) groups excluding carboxylic acids is 1. The average Bonchev–Trinajstić information content (AvgIpc) is 2.80. The molecule has 1 aromatic rings. The van der Waals surface area contributed by atoms with Crippen LogP contribution in [0.5, 0.6) is 0 Å². The van der Waals surface area contributed by atoms with Crippen LogP contribution in [0.2, 0.25) is 0 Å². The third kappa shape index (κ3) is 2.33. The number of Topliss-reactive ketones (excluding diaryl/α,β-unsaturated/α-hetero) is 1. The Labute approximate surface area is 119 Å². The second-order valence-electron chi connectivity index (χ2n) is 6.26. The smallest absolute Gasteiger partial charge is 0.161 e. The van der Waals surface area contributed by atoms with E-state index in [1.807, 2.05) is 12.1 Å². The lowest BCUT2D eigenvalue weighted by Gasteiger charge is -2.43. The van der Waals surface area contributed by atoms with Crippen molar-refractivity contribution in [1.82, 2.24) is 4.98 Å². The number of ketones is 1. The molecule has 2 aliphatic rings. The summed E-state index contributed by atoms with van der Waals surface area (Å²) in [5.74, 6) is 0.971. The topological polar surface area (TPSA) is 53.4 Å². The Morgan fingerprint density at radius 2 is 2.20 bits per heavy atom. The third-order valence-corrected chi connectivity index (χ3v) is 4.95. The Kier molecular flexibility index (Phi) is 3.50. The zero-order valence-corrected chi connectivity index (χ0v) is 12.0. The summed E-state index contributed by atoms with van der Waals surface area (Å²) in [6.45, 7) is 3.43. The van der Waals surface area contributed by atoms with E-state index in [4.69, 9.17) is 0 Å². The first kappa shape index (κ1) is 13.6. The Balaban J connectivity index is 1.78. The fourth-order valence-corrected chi connectivity index (χ4v) is 3.73. The van der Waals surface area contributed by atoms with Gasteiger partial charge in [-0.05, 0) is 44.7 Å². The van der Waals surface area contributed by atoms with Crippen LogP contribution in [0.1, 0.15) is 49.4 Å². The number of carbonyl (C=O) groups is 1. The molecule has 4 nitrogen and oxygen atoms in total. The van der Waals surface area contributed by atoms with Crippen molar-refractivity contribution in [2.24, 2.45) is 5.41 Å². The molecule has 108 valence electrons. The Morgan fingerprint density at radius 3 is 2.80 bits per heavy atom. The standard InChI is InChI=1S/C16H22N2O2/c1-12(19)13-5-6-15(17-10-13)18-9-3-8-16(11-18)7-2-4-14(16)20/h5-6,10,14,20H,2-4,7-9,11H2,1H3/t14-,16+/m1/s1. The highest BCUT2D eigenvalue weighted by molar-refractivity contribution is 5.93. The van der Waals surface area contributed by atoms with Gasteiger partial charge in [0.15, 0.2) is 5.78 Å². The number of pyridine rings is 1. The van der Waals surface area contributed by atoms with E-state index in [-0.39, 0.29) is 17.3 Å². The minimum Gasteiger partial charge on any atom is -0.392 e. The fourth-order valence-electron chi connectivity index (χ4n) is 3.73. The quantitative estimate of drug-likeness (QED) is 0.841. The summed E-state index contributed by atoms with van der Waals surface area (Å²) >= 11 is 0. The summed E-state index contributed by atoms with van der Waals surface area (Å²) in [5.41, 5.74) is 0.723. The van der Waals surface area contributed by atoms with Gasteiger partial charge in [-0.3, -0.25) is 4.79 Å². The van der Waals surface area contributed by atoms with E-state index in [9.17, 15) is 9.90 Å². The van der Waals surface area contributed by atoms with Crippen molar-refractivity contribution in [1.29, 1.82) is 0 Å². The molecule has 20 heavy (non-hydrogen) atoms. The fraction of sp³-hybridized carbons (Fsp3) is 0.625. The van der Waals surface area contributed by atoms with E-state index in [1.165, 1.54) is 0 Å². The normalized spacial score (nSPS) is 29.9. The molecule has 0 amide bonds. The molecule has 2 heterocycles. The highest BCUT2D eigenvalue weighted by Crippen LogP contribution is 2.45. The van der Waals surface area contributed by atoms with Gasteiger partial charge in [0.25, 0.3) is 0 Å². The van der Waals surface area contributed by atoms with Gasteiger partial charge in [0.05, 0.1) is 6.10 Å². The van der Waals surface area contributed by atoms with Gasteiger partial charge in [-0.15, -0.1) is 0 Å². The molecule has 0 aromatic carbocycles. The summed E-state index contributed by atoms with van der Waals surface area (Å²) in [7, 11) is 0. The lowest BCUT2D eigenvalue weighted by atomic mass is 9.77. The van der Waals surface area contributed by atoms with Crippen molar-refractivity contribution in [3.05, 3.63) is 23.9 Å². The Morgan fingerprint density at radius 1 is 1.40 bits per heavy atom. The SMILES string of the molecule is CC(=O)c1ccc(N2CCC[C@@]3(CCC[C@H]3O)C2)nc1. The molecule has 1 aliphatic heterocycles. The number of aromatic nitrogens is 1. The molecule has 2 fully saturated rings. The minimum atomic E-state index is -0.165. The predicted molar refractivity (Wildman–Crippen MR) is 78.0 cm³/mol. The largest absolute Gasteiger partial charge is 0.392 e. The summed E-state index contributed by atoms with van der Waals surface area (Å²) in [4.78, 5) is 18.0. The Hall–Kier alpha value is -1.42. The molecule has 0 radical (unpaired) electrons. The van der Waals surface area contributed by atoms with Crippen LogP contribution in [0.25, 0.3) is 0 Å². The number of hydrogen-bond acceptors (Lipinski definition) is 4. The van der Waals surface area contributed by atoms with Crippen molar-refractivity contribution < 1.29 is 9.90 Å². The summed E-state index contributed by atoms with van der Waals surface area (Å²) in [5, 5.41) is 10.3. The van der Waals surface area contributed by atoms with Gasteiger partial charge in [0, 0.05) is 30.3 Å². The molecule has 1 saturated heterocycles. The molecule has 3 rings (SSSR count). The molecule has 1 saturated carbocycles. The first-order valence-electron chi connectivity index (χ1n) is 7.51. The second-order valence-corrected chi connectivity index (χ2v) is 6.26. The van der Waals surface area contributed by atoms with Crippen LogP contribution in [0.3, 0.4) is 0 Å². The summed E-state index contributed by atoms with van der Waals surface area (Å²) in [6, 6.07) is 3.77. The molecular formula is C16H22N2O2. The molecular weight excluding hydrogens is 252 g/mol. The van der Waals surface area contributed by atoms with Crippen LogP contribution >= 0.6 is 0 Å². The zero-order valence-electron chi connectivity index (χ0n) is 12.0. The van der Waals surface area contributed by atoms with Crippen LogP contribution in [0.4, 0.5) is 5.82 Å². The highest BCUT2D eigenvalue weighted by Gasteiger charge is 2.44. The van der Waals surface area contributed by atoms with Crippen LogP contribution in [0.15, 0.2) is 18.3 Å². The van der Waals surface area contributed by atoms with E-state index < -0.39 is 0 Å². The van der Waals surface area contributed by atoms with E-state index in [1.54, 1.807) is 13.1 Å². The second kappa shape index (κ2) is 5.17. The van der Waals surface area contributed by atoms with Gasteiger partial charge in [-0.1, -0.05) is 6.42 Å². The van der Waals surface area contributed by atoms with Gasteiger partial charge in [0.1, 0.15) is 5.82 Å². The van der Waals surface area contributed by atoms with Gasteiger partial charge in [0.2, 0.25) is 0 Å². The molecule has 0 bridgehead atoms. The maximum absolute atomic E-state index is 11.3. The minimum absolute atomic E-state index is 0.0466. The number of anilines is 1. The highest BCUT2D eigenvalue weighted by atomic mass is 16.3. The number of nitrogens with zero attached hydrogens (tertiary/aromatic N) is 2.